The number of methoxy groups -OCH3 is 2. The Kier molecular flexibility index (Phi) is 5.03. The molecule has 0 aliphatic carbocycles. The van der Waals surface area contributed by atoms with Crippen molar-refractivity contribution in [2.45, 2.75) is 25.9 Å². The molecule has 0 bridgehead atoms. The van der Waals surface area contributed by atoms with E-state index in [2.05, 4.69) is 17.1 Å². The number of hydrogen-bond donors (Lipinski definition) is 1. The lowest BCUT2D eigenvalue weighted by Gasteiger charge is -2.09. The summed E-state index contributed by atoms with van der Waals surface area (Å²) in [6, 6.07) is 3.27. The molecule has 6 nitrogen and oxygen atoms in total. The van der Waals surface area contributed by atoms with E-state index in [-0.39, 0.29) is 6.10 Å². The minimum absolute atomic E-state index is 0.192. The summed E-state index contributed by atoms with van der Waals surface area (Å²) in [6.45, 7) is 2.07. The van der Waals surface area contributed by atoms with E-state index >= 15 is 0 Å². The van der Waals surface area contributed by atoms with Crippen LogP contribution in [0.3, 0.4) is 0 Å². The zero-order valence-corrected chi connectivity index (χ0v) is 13.0. The maximum Gasteiger partial charge on any atom is 0.261 e. The summed E-state index contributed by atoms with van der Waals surface area (Å²) in [7, 11) is 3.16. The maximum atomic E-state index is 6.04. The second-order valence-electron chi connectivity index (χ2n) is 4.54. The molecule has 0 fully saturated rings. The van der Waals surface area contributed by atoms with Crippen LogP contribution in [0.15, 0.2) is 16.7 Å². The second kappa shape index (κ2) is 6.78. The molecule has 1 aromatic heterocycles. The van der Waals surface area contributed by atoms with Crippen LogP contribution >= 0.6 is 11.6 Å². The normalized spacial score (nSPS) is 12.4. The second-order valence-corrected chi connectivity index (χ2v) is 4.95. The molecule has 114 valence electrons. The minimum atomic E-state index is -0.192. The van der Waals surface area contributed by atoms with E-state index in [0.717, 1.165) is 12.8 Å². The summed E-state index contributed by atoms with van der Waals surface area (Å²) in [6.07, 6.45) is 1.58. The number of hydrogen-bond acceptors (Lipinski definition) is 6. The van der Waals surface area contributed by atoms with Gasteiger partial charge in [-0.05, 0) is 12.5 Å². The Morgan fingerprint density at radius 3 is 2.76 bits per heavy atom. The molecule has 0 spiro atoms. The van der Waals surface area contributed by atoms with Crippen LogP contribution in [-0.4, -0.2) is 24.4 Å². The van der Waals surface area contributed by atoms with Crippen LogP contribution in [0.5, 0.6) is 5.75 Å². The van der Waals surface area contributed by atoms with Gasteiger partial charge in [0.1, 0.15) is 11.9 Å². The van der Waals surface area contributed by atoms with E-state index in [9.17, 15) is 0 Å². The third kappa shape index (κ3) is 3.28. The lowest BCUT2D eigenvalue weighted by molar-refractivity contribution is 0.0854. The van der Waals surface area contributed by atoms with Gasteiger partial charge in [0.05, 0.1) is 23.4 Å². The molecule has 0 radical (unpaired) electrons. The Morgan fingerprint density at radius 1 is 1.38 bits per heavy atom. The largest absolute Gasteiger partial charge is 0.496 e. The first-order chi connectivity index (χ1) is 10.1. The van der Waals surface area contributed by atoms with E-state index in [4.69, 9.17) is 31.3 Å². The van der Waals surface area contributed by atoms with Gasteiger partial charge in [0.25, 0.3) is 5.89 Å². The first-order valence-electron chi connectivity index (χ1n) is 6.60. The smallest absolute Gasteiger partial charge is 0.261 e. The lowest BCUT2D eigenvalue weighted by Crippen LogP contribution is -2.03. The SMILES string of the molecule is CCCC(OC)c1noc(-c2cc(Cl)c(N)cc2OC)n1. The van der Waals surface area contributed by atoms with E-state index in [0.29, 0.717) is 33.7 Å². The highest BCUT2D eigenvalue weighted by molar-refractivity contribution is 6.33. The van der Waals surface area contributed by atoms with Crippen molar-refractivity contribution in [1.82, 2.24) is 10.1 Å². The first-order valence-corrected chi connectivity index (χ1v) is 6.98. The molecule has 0 saturated carbocycles. The Bertz CT molecular complexity index is 616. The zero-order valence-electron chi connectivity index (χ0n) is 12.2. The summed E-state index contributed by atoms with van der Waals surface area (Å²) in [5.41, 5.74) is 6.79. The van der Waals surface area contributed by atoms with E-state index in [1.54, 1.807) is 26.4 Å². The number of nitrogens with zero attached hydrogens (tertiary/aromatic N) is 2. The molecular formula is C14H18ClN3O3. The van der Waals surface area contributed by atoms with Crippen molar-refractivity contribution < 1.29 is 14.0 Å². The van der Waals surface area contributed by atoms with Crippen molar-refractivity contribution in [2.75, 3.05) is 20.0 Å². The number of nitrogen functional groups attached to an aromatic ring is 1. The van der Waals surface area contributed by atoms with Crippen LogP contribution in [-0.2, 0) is 4.74 Å². The Hall–Kier alpha value is -1.79. The molecule has 0 aliphatic heterocycles. The van der Waals surface area contributed by atoms with Gasteiger partial charge in [0.2, 0.25) is 5.82 Å². The standard InChI is InChI=1S/C14H18ClN3O3/c1-4-5-11(19-2)13-17-14(21-18-13)8-6-9(15)10(16)7-12(8)20-3/h6-7,11H,4-5,16H2,1-3H3. The fraction of sp³-hybridized carbons (Fsp3) is 0.429. The highest BCUT2D eigenvalue weighted by atomic mass is 35.5. The summed E-state index contributed by atoms with van der Waals surface area (Å²) in [5.74, 6) is 1.35. The highest BCUT2D eigenvalue weighted by Crippen LogP contribution is 2.35. The fourth-order valence-electron chi connectivity index (χ4n) is 1.99. The third-order valence-corrected chi connectivity index (χ3v) is 3.44. The van der Waals surface area contributed by atoms with Gasteiger partial charge in [0.15, 0.2) is 0 Å². The van der Waals surface area contributed by atoms with Gasteiger partial charge in [0, 0.05) is 13.2 Å². The van der Waals surface area contributed by atoms with E-state index < -0.39 is 0 Å². The van der Waals surface area contributed by atoms with Gasteiger partial charge >= 0.3 is 0 Å². The number of anilines is 1. The number of benzene rings is 1. The molecule has 2 rings (SSSR count). The molecule has 1 heterocycles. The predicted octanol–water partition coefficient (Wildman–Crippen LogP) is 3.47. The Balaban J connectivity index is 2.39. The predicted molar refractivity (Wildman–Crippen MR) is 80.4 cm³/mol. The molecule has 0 amide bonds. The zero-order chi connectivity index (χ0) is 15.4. The lowest BCUT2D eigenvalue weighted by atomic mass is 10.1. The van der Waals surface area contributed by atoms with Crippen LogP contribution in [0, 0.1) is 0 Å². The maximum absolute atomic E-state index is 6.04. The number of aromatic nitrogens is 2. The molecule has 2 N–H and O–H groups in total. The van der Waals surface area contributed by atoms with E-state index in [1.165, 1.54) is 0 Å². The van der Waals surface area contributed by atoms with Crippen LogP contribution in [0.2, 0.25) is 5.02 Å². The number of halogens is 1. The molecule has 0 saturated heterocycles. The van der Waals surface area contributed by atoms with Gasteiger partial charge < -0.3 is 19.7 Å². The molecular weight excluding hydrogens is 294 g/mol. The third-order valence-electron chi connectivity index (χ3n) is 3.11. The average molecular weight is 312 g/mol. The summed E-state index contributed by atoms with van der Waals surface area (Å²) in [4.78, 5) is 4.37. The van der Waals surface area contributed by atoms with Crippen molar-refractivity contribution in [2.24, 2.45) is 0 Å². The monoisotopic (exact) mass is 311 g/mol. The van der Waals surface area contributed by atoms with Gasteiger partial charge in [-0.15, -0.1) is 0 Å². The average Bonchev–Trinajstić information content (AvgIpc) is 2.96. The quantitative estimate of drug-likeness (QED) is 0.822. The van der Waals surface area contributed by atoms with Gasteiger partial charge in [-0.3, -0.25) is 0 Å². The van der Waals surface area contributed by atoms with Crippen molar-refractivity contribution in [3.05, 3.63) is 23.0 Å². The van der Waals surface area contributed by atoms with Gasteiger partial charge in [-0.1, -0.05) is 30.1 Å². The fourth-order valence-corrected chi connectivity index (χ4v) is 2.16. The molecule has 1 atom stereocenters. The number of rotatable bonds is 6. The summed E-state index contributed by atoms with van der Waals surface area (Å²) in [5, 5.41) is 4.37. The van der Waals surface area contributed by atoms with Crippen molar-refractivity contribution in [3.8, 4) is 17.2 Å². The van der Waals surface area contributed by atoms with E-state index in [1.807, 2.05) is 0 Å². The summed E-state index contributed by atoms with van der Waals surface area (Å²) < 4.78 is 15.9. The van der Waals surface area contributed by atoms with Crippen molar-refractivity contribution in [3.63, 3.8) is 0 Å². The van der Waals surface area contributed by atoms with Crippen LogP contribution in [0.1, 0.15) is 31.7 Å². The molecule has 0 aliphatic rings. The van der Waals surface area contributed by atoms with Crippen LogP contribution in [0.25, 0.3) is 11.5 Å². The minimum Gasteiger partial charge on any atom is -0.496 e. The Morgan fingerprint density at radius 2 is 2.14 bits per heavy atom. The number of nitrogens with two attached hydrogens (primary N) is 1. The molecule has 1 aromatic carbocycles. The van der Waals surface area contributed by atoms with Crippen LogP contribution < -0.4 is 10.5 Å². The molecule has 2 aromatic rings. The topological polar surface area (TPSA) is 83.4 Å². The number of ether oxygens (including phenoxy) is 2. The summed E-state index contributed by atoms with van der Waals surface area (Å²) >= 11 is 6.04. The van der Waals surface area contributed by atoms with Crippen molar-refractivity contribution in [1.29, 1.82) is 0 Å². The molecule has 1 unspecified atom stereocenters. The molecule has 7 heteroatoms. The van der Waals surface area contributed by atoms with Crippen molar-refractivity contribution >= 4 is 17.3 Å². The highest BCUT2D eigenvalue weighted by Gasteiger charge is 2.20. The molecule has 21 heavy (non-hydrogen) atoms. The Labute approximate surface area is 128 Å². The van der Waals surface area contributed by atoms with Gasteiger partial charge in [-0.2, -0.15) is 4.98 Å². The van der Waals surface area contributed by atoms with Gasteiger partial charge in [-0.25, -0.2) is 0 Å². The first kappa shape index (κ1) is 15.6. The van der Waals surface area contributed by atoms with Crippen LogP contribution in [0.4, 0.5) is 5.69 Å².